The van der Waals surface area contributed by atoms with E-state index in [-0.39, 0.29) is 66.1 Å². The second-order valence-electron chi connectivity index (χ2n) is 6.50. The zero-order valence-corrected chi connectivity index (χ0v) is 20.4. The Morgan fingerprint density at radius 3 is 0.622 bits per heavy atom. The van der Waals surface area contributed by atoms with Crippen LogP contribution >= 0.6 is 0 Å². The Labute approximate surface area is 246 Å². The molecule has 0 amide bonds. The normalized spacial score (nSPS) is 9.41. The summed E-state index contributed by atoms with van der Waals surface area (Å²) in [7, 11) is 0. The standard InChI is InChI=1S/3C7H6O5.Eu/c3*8-4-1-3(7(11)12)2-5(9)6(4)10;/h3*1-2,8-10H,(H,11,12);. The number of phenolic OH excluding ortho intramolecular Hbond substituents is 9. The summed E-state index contributed by atoms with van der Waals surface area (Å²) in [6.07, 6.45) is 0. The number of phenols is 9. The topological polar surface area (TPSA) is 294 Å². The third-order valence-corrected chi connectivity index (χ3v) is 3.95. The summed E-state index contributed by atoms with van der Waals surface area (Å²) in [5.74, 6) is -10.00. The van der Waals surface area contributed by atoms with Crippen LogP contribution in [0.4, 0.5) is 0 Å². The van der Waals surface area contributed by atoms with Gasteiger partial charge in [-0.25, -0.2) is 14.4 Å². The van der Waals surface area contributed by atoms with Crippen molar-refractivity contribution in [3.8, 4) is 51.7 Å². The minimum Gasteiger partial charge on any atom is -0.504 e. The van der Waals surface area contributed by atoms with Crippen LogP contribution in [0.25, 0.3) is 0 Å². The minimum absolute atomic E-state index is 0. The number of carboxylic acids is 3. The van der Waals surface area contributed by atoms with E-state index >= 15 is 0 Å². The van der Waals surface area contributed by atoms with E-state index in [1.54, 1.807) is 0 Å². The summed E-state index contributed by atoms with van der Waals surface area (Å²) >= 11 is 0. The van der Waals surface area contributed by atoms with Crippen LogP contribution < -0.4 is 0 Å². The predicted molar refractivity (Wildman–Crippen MR) is 115 cm³/mol. The maximum atomic E-state index is 10.3. The molecule has 0 aromatic heterocycles. The Kier molecular flexibility index (Phi) is 12.3. The maximum Gasteiger partial charge on any atom is 0.335 e. The molecule has 12 N–H and O–H groups in total. The van der Waals surface area contributed by atoms with E-state index in [1.807, 2.05) is 0 Å². The molecule has 0 spiro atoms. The molecule has 0 unspecified atom stereocenters. The molecule has 15 nitrogen and oxygen atoms in total. The quantitative estimate of drug-likeness (QED) is 0.177. The van der Waals surface area contributed by atoms with Crippen molar-refractivity contribution in [2.75, 3.05) is 0 Å². The Balaban J connectivity index is 0.000000518. The second kappa shape index (κ2) is 13.8. The summed E-state index contributed by atoms with van der Waals surface area (Å²) in [6, 6.07) is 5.07. The fraction of sp³-hybridized carbons (Fsp3) is 0. The molecule has 0 bridgehead atoms. The van der Waals surface area contributed by atoms with Gasteiger partial charge in [-0.15, -0.1) is 0 Å². The van der Waals surface area contributed by atoms with E-state index in [0.717, 1.165) is 36.4 Å². The monoisotopic (exact) mass is 663 g/mol. The van der Waals surface area contributed by atoms with E-state index in [4.69, 9.17) is 61.3 Å². The van der Waals surface area contributed by atoms with E-state index in [1.165, 1.54) is 0 Å². The van der Waals surface area contributed by atoms with Gasteiger partial charge in [0.25, 0.3) is 0 Å². The Morgan fingerprint density at radius 1 is 0.378 bits per heavy atom. The first kappa shape index (κ1) is 32.9. The van der Waals surface area contributed by atoms with Crippen molar-refractivity contribution < 1.29 is 125 Å². The van der Waals surface area contributed by atoms with Crippen LogP contribution in [0, 0.1) is 49.4 Å². The second-order valence-corrected chi connectivity index (χ2v) is 6.50. The third kappa shape index (κ3) is 9.10. The van der Waals surface area contributed by atoms with Crippen molar-refractivity contribution in [2.45, 2.75) is 0 Å². The van der Waals surface area contributed by atoms with Gasteiger partial charge in [-0.3, -0.25) is 0 Å². The molecule has 1 radical (unpaired) electrons. The molecule has 0 saturated carbocycles. The zero-order valence-electron chi connectivity index (χ0n) is 17.9. The maximum absolute atomic E-state index is 10.3. The Morgan fingerprint density at radius 2 is 0.514 bits per heavy atom. The first-order chi connectivity index (χ1) is 16.6. The van der Waals surface area contributed by atoms with Gasteiger partial charge in [0.15, 0.2) is 51.7 Å². The van der Waals surface area contributed by atoms with Crippen LogP contribution in [0.15, 0.2) is 36.4 Å². The molecule has 0 fully saturated rings. The number of hydrogen-bond donors (Lipinski definition) is 12. The van der Waals surface area contributed by atoms with Gasteiger partial charge in [0.2, 0.25) is 0 Å². The van der Waals surface area contributed by atoms with Gasteiger partial charge >= 0.3 is 17.9 Å². The summed E-state index contributed by atoms with van der Waals surface area (Å²) in [5.41, 5.74) is -0.867. The van der Waals surface area contributed by atoms with Crippen molar-refractivity contribution in [1.82, 2.24) is 0 Å². The van der Waals surface area contributed by atoms with Crippen LogP contribution in [0.1, 0.15) is 31.1 Å². The van der Waals surface area contributed by atoms with Crippen molar-refractivity contribution in [2.24, 2.45) is 0 Å². The van der Waals surface area contributed by atoms with Gasteiger partial charge in [-0.2, -0.15) is 0 Å². The molecule has 3 aromatic rings. The van der Waals surface area contributed by atoms with Gasteiger partial charge < -0.3 is 61.3 Å². The number of rotatable bonds is 3. The molecule has 37 heavy (non-hydrogen) atoms. The number of carbonyl (C=O) groups is 3. The van der Waals surface area contributed by atoms with E-state index in [0.29, 0.717) is 0 Å². The van der Waals surface area contributed by atoms with Gasteiger partial charge in [0, 0.05) is 49.4 Å². The molecule has 0 aliphatic carbocycles. The molecule has 0 aliphatic heterocycles. The molecular weight excluding hydrogens is 644 g/mol. The SMILES string of the molecule is O=C(O)c1cc(O)c(O)c(O)c1.O=C(O)c1cc(O)c(O)c(O)c1.O=C(O)c1cc(O)c(O)c(O)c1.[Eu]. The Hall–Kier alpha value is -4.15. The molecule has 3 aromatic carbocycles. The molecule has 0 aliphatic rings. The number of benzene rings is 3. The van der Waals surface area contributed by atoms with Crippen LogP contribution in [-0.4, -0.2) is 79.2 Å². The van der Waals surface area contributed by atoms with Gasteiger partial charge in [-0.05, 0) is 36.4 Å². The largest absolute Gasteiger partial charge is 0.504 e. The number of carboxylic acid groups (broad SMARTS) is 3. The molecule has 0 saturated heterocycles. The average molecular weight is 662 g/mol. The van der Waals surface area contributed by atoms with E-state index < -0.39 is 69.7 Å². The van der Waals surface area contributed by atoms with Gasteiger partial charge in [0.1, 0.15) is 0 Å². The minimum atomic E-state index is -1.29. The van der Waals surface area contributed by atoms with Crippen LogP contribution in [0.5, 0.6) is 51.7 Å². The van der Waals surface area contributed by atoms with Crippen molar-refractivity contribution in [1.29, 1.82) is 0 Å². The zero-order chi connectivity index (χ0) is 27.9. The van der Waals surface area contributed by atoms with Crippen molar-refractivity contribution in [3.05, 3.63) is 53.1 Å². The molecule has 0 atom stereocenters. The average Bonchev–Trinajstić information content (AvgIpc) is 2.79. The van der Waals surface area contributed by atoms with Crippen molar-refractivity contribution in [3.63, 3.8) is 0 Å². The smallest absolute Gasteiger partial charge is 0.335 e. The summed E-state index contributed by atoms with van der Waals surface area (Å²) in [4.78, 5) is 30.9. The predicted octanol–water partition coefficient (Wildman–Crippen LogP) is 1.50. The van der Waals surface area contributed by atoms with Crippen LogP contribution in [0.2, 0.25) is 0 Å². The van der Waals surface area contributed by atoms with Crippen molar-refractivity contribution >= 4 is 17.9 Å². The fourth-order valence-corrected chi connectivity index (χ4v) is 2.18. The van der Waals surface area contributed by atoms with E-state index in [2.05, 4.69) is 0 Å². The summed E-state index contributed by atoms with van der Waals surface area (Å²) in [5, 5.41) is 105. The molecule has 199 valence electrons. The molecule has 0 heterocycles. The van der Waals surface area contributed by atoms with Crippen LogP contribution in [0.3, 0.4) is 0 Å². The number of aromatic hydroxyl groups is 9. The Bertz CT molecular complexity index is 1090. The fourth-order valence-electron chi connectivity index (χ4n) is 2.18. The van der Waals surface area contributed by atoms with Gasteiger partial charge in [-0.1, -0.05) is 0 Å². The molecule has 3 rings (SSSR count). The molecular formula is C21H18EuO15. The number of hydrogen-bond acceptors (Lipinski definition) is 12. The molecule has 16 heteroatoms. The van der Waals surface area contributed by atoms with Crippen LogP contribution in [-0.2, 0) is 0 Å². The first-order valence-corrected chi connectivity index (χ1v) is 9.01. The van der Waals surface area contributed by atoms with E-state index in [9.17, 15) is 14.4 Å². The third-order valence-electron chi connectivity index (χ3n) is 3.95. The first-order valence-electron chi connectivity index (χ1n) is 9.01. The number of aromatic carboxylic acids is 3. The summed E-state index contributed by atoms with van der Waals surface area (Å²) < 4.78 is 0. The van der Waals surface area contributed by atoms with Gasteiger partial charge in [0.05, 0.1) is 16.7 Å². The summed E-state index contributed by atoms with van der Waals surface area (Å²) in [6.45, 7) is 0.